The molecule has 0 bridgehead atoms. The van der Waals surface area contributed by atoms with Gasteiger partial charge in [-0.3, -0.25) is 4.99 Å². The molecule has 1 aromatic carbocycles. The molecule has 3 heteroatoms. The highest BCUT2D eigenvalue weighted by Crippen LogP contribution is 2.26. The molecule has 1 aliphatic rings. The number of rotatable bonds is 3. The molecule has 1 saturated heterocycles. The van der Waals surface area contributed by atoms with E-state index >= 15 is 0 Å². The van der Waals surface area contributed by atoms with Gasteiger partial charge >= 0.3 is 0 Å². The second-order valence-corrected chi connectivity index (χ2v) is 4.58. The molecule has 0 aromatic heterocycles. The summed E-state index contributed by atoms with van der Waals surface area (Å²) >= 11 is 0. The standard InChI is InChI=1S/C14H21N3/c1-2-9-16-14(15)17-10-8-13(11-17)12-6-4-3-5-7-12/h3-7,13H,2,8-11H2,1H3,(H2,15,16). The number of guanidine groups is 1. The molecule has 0 saturated carbocycles. The Labute approximate surface area is 103 Å². The van der Waals surface area contributed by atoms with Gasteiger partial charge in [0.1, 0.15) is 0 Å². The Kier molecular flexibility index (Phi) is 4.02. The third-order valence-corrected chi connectivity index (χ3v) is 3.28. The van der Waals surface area contributed by atoms with Crippen LogP contribution in [0, 0.1) is 0 Å². The van der Waals surface area contributed by atoms with Crippen LogP contribution in [0.15, 0.2) is 35.3 Å². The van der Waals surface area contributed by atoms with Crippen molar-refractivity contribution in [2.24, 2.45) is 10.7 Å². The molecule has 0 amide bonds. The molecule has 1 unspecified atom stereocenters. The van der Waals surface area contributed by atoms with Crippen molar-refractivity contribution in [1.29, 1.82) is 0 Å². The van der Waals surface area contributed by atoms with Gasteiger partial charge in [0, 0.05) is 25.6 Å². The molecule has 1 aliphatic heterocycles. The van der Waals surface area contributed by atoms with Gasteiger partial charge in [-0.25, -0.2) is 0 Å². The van der Waals surface area contributed by atoms with Crippen molar-refractivity contribution < 1.29 is 0 Å². The molecule has 1 fully saturated rings. The topological polar surface area (TPSA) is 41.6 Å². The van der Waals surface area contributed by atoms with Crippen molar-refractivity contribution in [1.82, 2.24) is 4.90 Å². The Morgan fingerprint density at radius 2 is 2.18 bits per heavy atom. The predicted molar refractivity (Wildman–Crippen MR) is 72.2 cm³/mol. The van der Waals surface area contributed by atoms with E-state index in [4.69, 9.17) is 5.73 Å². The van der Waals surface area contributed by atoms with Gasteiger partial charge in [0.15, 0.2) is 5.96 Å². The van der Waals surface area contributed by atoms with Crippen LogP contribution >= 0.6 is 0 Å². The van der Waals surface area contributed by atoms with Gasteiger partial charge in [0.2, 0.25) is 0 Å². The maximum Gasteiger partial charge on any atom is 0.191 e. The number of hydrogen-bond acceptors (Lipinski definition) is 1. The van der Waals surface area contributed by atoms with E-state index in [1.807, 2.05) is 0 Å². The van der Waals surface area contributed by atoms with E-state index in [-0.39, 0.29) is 0 Å². The van der Waals surface area contributed by atoms with Crippen LogP contribution in [0.4, 0.5) is 0 Å². The maximum atomic E-state index is 5.98. The maximum absolute atomic E-state index is 5.98. The molecule has 1 heterocycles. The van der Waals surface area contributed by atoms with E-state index in [1.165, 1.54) is 12.0 Å². The summed E-state index contributed by atoms with van der Waals surface area (Å²) in [6, 6.07) is 10.7. The summed E-state index contributed by atoms with van der Waals surface area (Å²) in [4.78, 5) is 6.57. The quantitative estimate of drug-likeness (QED) is 0.640. The van der Waals surface area contributed by atoms with Crippen molar-refractivity contribution in [3.63, 3.8) is 0 Å². The molecule has 3 nitrogen and oxygen atoms in total. The van der Waals surface area contributed by atoms with Crippen LogP contribution in [-0.4, -0.2) is 30.5 Å². The Morgan fingerprint density at radius 1 is 1.41 bits per heavy atom. The van der Waals surface area contributed by atoms with Crippen LogP contribution in [-0.2, 0) is 0 Å². The molecular formula is C14H21N3. The molecule has 1 aromatic rings. The Morgan fingerprint density at radius 3 is 2.88 bits per heavy atom. The van der Waals surface area contributed by atoms with Crippen LogP contribution in [0.5, 0.6) is 0 Å². The fourth-order valence-electron chi connectivity index (χ4n) is 2.29. The first-order chi connectivity index (χ1) is 8.31. The molecule has 2 N–H and O–H groups in total. The van der Waals surface area contributed by atoms with Crippen LogP contribution in [0.1, 0.15) is 31.2 Å². The van der Waals surface area contributed by atoms with Crippen LogP contribution in [0.25, 0.3) is 0 Å². The second kappa shape index (κ2) is 5.71. The minimum Gasteiger partial charge on any atom is -0.370 e. The highest BCUT2D eigenvalue weighted by Gasteiger charge is 2.24. The second-order valence-electron chi connectivity index (χ2n) is 4.58. The molecule has 0 spiro atoms. The molecular weight excluding hydrogens is 210 g/mol. The lowest BCUT2D eigenvalue weighted by atomic mass is 9.99. The smallest absolute Gasteiger partial charge is 0.191 e. The number of benzene rings is 1. The molecule has 0 aliphatic carbocycles. The zero-order valence-electron chi connectivity index (χ0n) is 10.5. The van der Waals surface area contributed by atoms with E-state index in [9.17, 15) is 0 Å². The lowest BCUT2D eigenvalue weighted by molar-refractivity contribution is 0.501. The van der Waals surface area contributed by atoms with Gasteiger partial charge in [0.25, 0.3) is 0 Å². The normalized spacial score (nSPS) is 20.9. The fourth-order valence-corrected chi connectivity index (χ4v) is 2.29. The van der Waals surface area contributed by atoms with Crippen molar-refractivity contribution in [3.8, 4) is 0 Å². The lowest BCUT2D eigenvalue weighted by Crippen LogP contribution is -2.35. The third-order valence-electron chi connectivity index (χ3n) is 3.28. The van der Waals surface area contributed by atoms with Crippen molar-refractivity contribution in [3.05, 3.63) is 35.9 Å². The van der Waals surface area contributed by atoms with Crippen LogP contribution in [0.3, 0.4) is 0 Å². The summed E-state index contributed by atoms with van der Waals surface area (Å²) in [5.74, 6) is 1.32. The van der Waals surface area contributed by atoms with E-state index in [1.54, 1.807) is 0 Å². The van der Waals surface area contributed by atoms with Gasteiger partial charge in [0.05, 0.1) is 0 Å². The van der Waals surface area contributed by atoms with Crippen molar-refractivity contribution in [2.75, 3.05) is 19.6 Å². The first-order valence-corrected chi connectivity index (χ1v) is 6.41. The lowest BCUT2D eigenvalue weighted by Gasteiger charge is -2.17. The number of hydrogen-bond donors (Lipinski definition) is 1. The van der Waals surface area contributed by atoms with Gasteiger partial charge in [-0.05, 0) is 18.4 Å². The Hall–Kier alpha value is -1.51. The van der Waals surface area contributed by atoms with Crippen molar-refractivity contribution >= 4 is 5.96 Å². The number of aliphatic imine (C=N–C) groups is 1. The molecule has 0 radical (unpaired) electrons. The summed E-state index contributed by atoms with van der Waals surface area (Å²) < 4.78 is 0. The monoisotopic (exact) mass is 231 g/mol. The first-order valence-electron chi connectivity index (χ1n) is 6.41. The Bertz CT molecular complexity index is 372. The number of likely N-dealkylation sites (tertiary alicyclic amines) is 1. The highest BCUT2D eigenvalue weighted by molar-refractivity contribution is 5.78. The van der Waals surface area contributed by atoms with Gasteiger partial charge < -0.3 is 10.6 Å². The molecule has 1 atom stereocenters. The van der Waals surface area contributed by atoms with Gasteiger partial charge in [-0.2, -0.15) is 0 Å². The molecule has 92 valence electrons. The van der Waals surface area contributed by atoms with Crippen LogP contribution < -0.4 is 5.73 Å². The van der Waals surface area contributed by atoms with Crippen molar-refractivity contribution in [2.45, 2.75) is 25.7 Å². The molecule has 17 heavy (non-hydrogen) atoms. The zero-order chi connectivity index (χ0) is 12.1. The minimum atomic E-state index is 0.603. The summed E-state index contributed by atoms with van der Waals surface area (Å²) in [7, 11) is 0. The zero-order valence-corrected chi connectivity index (χ0v) is 10.5. The van der Waals surface area contributed by atoms with E-state index in [0.29, 0.717) is 11.9 Å². The number of nitrogens with two attached hydrogens (primary N) is 1. The third kappa shape index (κ3) is 2.99. The number of nitrogens with zero attached hydrogens (tertiary/aromatic N) is 2. The Balaban J connectivity index is 1.96. The average Bonchev–Trinajstić information content (AvgIpc) is 2.86. The largest absolute Gasteiger partial charge is 0.370 e. The molecule has 2 rings (SSSR count). The minimum absolute atomic E-state index is 0.603. The highest BCUT2D eigenvalue weighted by atomic mass is 15.3. The van der Waals surface area contributed by atoms with E-state index < -0.39 is 0 Å². The average molecular weight is 231 g/mol. The van der Waals surface area contributed by atoms with E-state index in [2.05, 4.69) is 47.1 Å². The van der Waals surface area contributed by atoms with E-state index in [0.717, 1.165) is 26.1 Å². The summed E-state index contributed by atoms with van der Waals surface area (Å²) in [6.07, 6.45) is 2.23. The van der Waals surface area contributed by atoms with Crippen LogP contribution in [0.2, 0.25) is 0 Å². The summed E-state index contributed by atoms with van der Waals surface area (Å²) in [6.45, 7) is 4.98. The van der Waals surface area contributed by atoms with Gasteiger partial charge in [-0.15, -0.1) is 0 Å². The summed E-state index contributed by atoms with van der Waals surface area (Å²) in [5.41, 5.74) is 7.40. The fraction of sp³-hybridized carbons (Fsp3) is 0.500. The SMILES string of the molecule is CCCN=C(N)N1CCC(c2ccccc2)C1. The summed E-state index contributed by atoms with van der Waals surface area (Å²) in [5, 5.41) is 0. The van der Waals surface area contributed by atoms with Gasteiger partial charge in [-0.1, -0.05) is 37.3 Å². The predicted octanol–water partition coefficient (Wildman–Crippen LogP) is 2.20. The first kappa shape index (κ1) is 12.0.